The number of carbonyl (C=O) groups is 3. The van der Waals surface area contributed by atoms with Crippen molar-refractivity contribution in [1.82, 2.24) is 20.4 Å². The summed E-state index contributed by atoms with van der Waals surface area (Å²) in [7, 11) is 6.82. The molecule has 10 heteroatoms. The van der Waals surface area contributed by atoms with E-state index < -0.39 is 24.3 Å². The first kappa shape index (κ1) is 37.9. The number of rotatable bonds is 25. The SMILES string of the molecule is CCCCCCCCCCCCCCCCCCNC(=O)OCC(COC(=O)NC(=O)N(C)CCN(C)C)OC. The van der Waals surface area contributed by atoms with E-state index in [1.165, 1.54) is 102 Å². The number of nitrogens with zero attached hydrogens (tertiary/aromatic N) is 2. The monoisotopic (exact) mass is 572 g/mol. The minimum absolute atomic E-state index is 0.0642. The van der Waals surface area contributed by atoms with Crippen LogP contribution in [0.1, 0.15) is 110 Å². The summed E-state index contributed by atoms with van der Waals surface area (Å²) in [5.41, 5.74) is 0. The number of hydrogen-bond donors (Lipinski definition) is 2. The van der Waals surface area contributed by atoms with Gasteiger partial charge in [-0.05, 0) is 20.5 Å². The molecule has 0 aromatic carbocycles. The van der Waals surface area contributed by atoms with Gasteiger partial charge in [0.2, 0.25) is 0 Å². The van der Waals surface area contributed by atoms with Crippen molar-refractivity contribution in [2.45, 2.75) is 116 Å². The molecule has 0 fully saturated rings. The Labute approximate surface area is 244 Å². The minimum atomic E-state index is -0.878. The van der Waals surface area contributed by atoms with E-state index in [0.717, 1.165) is 12.8 Å². The van der Waals surface area contributed by atoms with E-state index in [9.17, 15) is 14.4 Å². The number of unbranched alkanes of at least 4 members (excludes halogenated alkanes) is 15. The number of ether oxygens (including phenoxy) is 3. The third kappa shape index (κ3) is 24.9. The van der Waals surface area contributed by atoms with Crippen LogP contribution < -0.4 is 10.6 Å². The summed E-state index contributed by atoms with van der Waals surface area (Å²) < 4.78 is 15.4. The number of hydrogen-bond acceptors (Lipinski definition) is 7. The molecule has 10 nitrogen and oxygen atoms in total. The first-order valence-corrected chi connectivity index (χ1v) is 15.6. The van der Waals surface area contributed by atoms with Gasteiger partial charge in [-0.15, -0.1) is 0 Å². The summed E-state index contributed by atoms with van der Waals surface area (Å²) in [5, 5.41) is 4.90. The first-order valence-electron chi connectivity index (χ1n) is 15.6. The third-order valence-electron chi connectivity index (χ3n) is 6.87. The number of imide groups is 1. The summed E-state index contributed by atoms with van der Waals surface area (Å²) in [6.07, 6.45) is 18.9. The van der Waals surface area contributed by atoms with Gasteiger partial charge in [0.15, 0.2) is 0 Å². The summed E-state index contributed by atoms with van der Waals surface area (Å²) in [5.74, 6) is 0. The lowest BCUT2D eigenvalue weighted by Gasteiger charge is -2.20. The molecule has 0 rings (SSSR count). The average Bonchev–Trinajstić information content (AvgIpc) is 2.93. The molecule has 1 unspecified atom stereocenters. The van der Waals surface area contributed by atoms with Crippen LogP contribution in [0.4, 0.5) is 14.4 Å². The molecular weight excluding hydrogens is 512 g/mol. The fourth-order valence-electron chi connectivity index (χ4n) is 4.11. The largest absolute Gasteiger partial charge is 0.447 e. The second-order valence-corrected chi connectivity index (χ2v) is 10.9. The molecule has 0 heterocycles. The predicted octanol–water partition coefficient (Wildman–Crippen LogP) is 6.33. The maximum absolute atomic E-state index is 12.0. The van der Waals surface area contributed by atoms with Crippen LogP contribution in [0.3, 0.4) is 0 Å². The van der Waals surface area contributed by atoms with Crippen molar-refractivity contribution in [2.24, 2.45) is 0 Å². The van der Waals surface area contributed by atoms with Crippen molar-refractivity contribution in [3.05, 3.63) is 0 Å². The van der Waals surface area contributed by atoms with Gasteiger partial charge in [0, 0.05) is 33.8 Å². The topological polar surface area (TPSA) is 109 Å². The van der Waals surface area contributed by atoms with Gasteiger partial charge in [0.25, 0.3) is 0 Å². The summed E-state index contributed by atoms with van der Waals surface area (Å²) in [6, 6.07) is -0.550. The molecule has 1 atom stereocenters. The van der Waals surface area contributed by atoms with Crippen LogP contribution in [0.15, 0.2) is 0 Å². The van der Waals surface area contributed by atoms with E-state index in [4.69, 9.17) is 14.2 Å². The van der Waals surface area contributed by atoms with E-state index in [2.05, 4.69) is 17.6 Å². The fraction of sp³-hybridized carbons (Fsp3) is 0.900. The van der Waals surface area contributed by atoms with Crippen LogP contribution in [-0.2, 0) is 14.2 Å². The average molecular weight is 573 g/mol. The molecule has 0 aliphatic heterocycles. The normalized spacial score (nSPS) is 11.8. The molecule has 4 amide bonds. The van der Waals surface area contributed by atoms with Crippen LogP contribution in [0.25, 0.3) is 0 Å². The highest BCUT2D eigenvalue weighted by atomic mass is 16.6. The molecule has 0 aromatic rings. The minimum Gasteiger partial charge on any atom is -0.447 e. The van der Waals surface area contributed by atoms with Gasteiger partial charge in [0.1, 0.15) is 19.3 Å². The molecule has 40 heavy (non-hydrogen) atoms. The second kappa shape index (κ2) is 27.1. The van der Waals surface area contributed by atoms with Crippen molar-refractivity contribution < 1.29 is 28.6 Å². The van der Waals surface area contributed by atoms with Gasteiger partial charge in [-0.1, -0.05) is 103 Å². The van der Waals surface area contributed by atoms with Gasteiger partial charge >= 0.3 is 18.2 Å². The summed E-state index contributed by atoms with van der Waals surface area (Å²) >= 11 is 0. The molecule has 0 saturated heterocycles. The maximum atomic E-state index is 12.0. The van der Waals surface area contributed by atoms with Crippen LogP contribution in [-0.4, -0.2) is 95.2 Å². The Hall–Kier alpha value is -2.07. The zero-order chi connectivity index (χ0) is 29.8. The fourth-order valence-corrected chi connectivity index (χ4v) is 4.11. The molecule has 2 N–H and O–H groups in total. The Morgan fingerprint density at radius 3 is 1.55 bits per heavy atom. The molecule has 0 radical (unpaired) electrons. The predicted molar refractivity (Wildman–Crippen MR) is 161 cm³/mol. The standard InChI is InChI=1S/C30H60N4O6/c1-6-7-8-9-10-11-12-13-14-15-16-17-18-19-20-21-22-31-29(36)39-25-27(38-5)26-40-30(37)32-28(35)34(4)24-23-33(2)3/h27H,6-26H2,1-5H3,(H,31,36)(H,32,35,37). The van der Waals surface area contributed by atoms with Crippen LogP contribution >= 0.6 is 0 Å². The first-order chi connectivity index (χ1) is 19.3. The highest BCUT2D eigenvalue weighted by Crippen LogP contribution is 2.13. The molecule has 0 saturated carbocycles. The molecule has 236 valence electrons. The van der Waals surface area contributed by atoms with Gasteiger partial charge < -0.3 is 29.3 Å². The number of carbonyl (C=O) groups excluding carboxylic acids is 3. The van der Waals surface area contributed by atoms with Crippen molar-refractivity contribution in [2.75, 3.05) is 61.1 Å². The van der Waals surface area contributed by atoms with Crippen LogP contribution in [0, 0.1) is 0 Å². The van der Waals surface area contributed by atoms with Gasteiger partial charge in [-0.3, -0.25) is 0 Å². The second-order valence-electron chi connectivity index (χ2n) is 10.9. The number of methoxy groups -OCH3 is 1. The Balaban J connectivity index is 3.64. The Kier molecular flexibility index (Phi) is 25.7. The lowest BCUT2D eigenvalue weighted by atomic mass is 10.0. The van der Waals surface area contributed by atoms with Gasteiger partial charge in [-0.2, -0.15) is 0 Å². The quantitative estimate of drug-likeness (QED) is 0.123. The smallest absolute Gasteiger partial charge is 0.415 e. The van der Waals surface area contributed by atoms with Crippen molar-refractivity contribution in [1.29, 1.82) is 0 Å². The van der Waals surface area contributed by atoms with Crippen LogP contribution in [0.2, 0.25) is 0 Å². The molecule has 0 aliphatic rings. The van der Waals surface area contributed by atoms with Gasteiger partial charge in [0.05, 0.1) is 0 Å². The Morgan fingerprint density at radius 2 is 1.10 bits per heavy atom. The van der Waals surface area contributed by atoms with Crippen LogP contribution in [0.5, 0.6) is 0 Å². The zero-order valence-electron chi connectivity index (χ0n) is 26.3. The maximum Gasteiger partial charge on any atom is 0.415 e. The molecular formula is C30H60N4O6. The summed E-state index contributed by atoms with van der Waals surface area (Å²) in [4.78, 5) is 39.1. The number of amides is 4. The highest BCUT2D eigenvalue weighted by Gasteiger charge is 2.17. The molecule has 0 spiro atoms. The number of likely N-dealkylation sites (N-methyl/N-ethyl adjacent to an activating group) is 2. The van der Waals surface area contributed by atoms with Gasteiger partial charge in [-0.25, -0.2) is 19.7 Å². The molecule has 0 aliphatic carbocycles. The third-order valence-corrected chi connectivity index (χ3v) is 6.87. The Bertz CT molecular complexity index is 635. The lowest BCUT2D eigenvalue weighted by molar-refractivity contribution is -0.00411. The summed E-state index contributed by atoms with van der Waals surface area (Å²) in [6.45, 7) is 3.76. The lowest BCUT2D eigenvalue weighted by Crippen LogP contribution is -2.44. The van der Waals surface area contributed by atoms with E-state index in [1.807, 2.05) is 19.0 Å². The number of nitrogens with one attached hydrogen (secondary N) is 2. The van der Waals surface area contributed by atoms with Crippen molar-refractivity contribution in [3.63, 3.8) is 0 Å². The Morgan fingerprint density at radius 1 is 0.650 bits per heavy atom. The molecule has 0 bridgehead atoms. The van der Waals surface area contributed by atoms with Crippen molar-refractivity contribution >= 4 is 18.2 Å². The number of urea groups is 1. The highest BCUT2D eigenvalue weighted by molar-refractivity contribution is 5.90. The number of alkyl carbamates (subject to hydrolysis) is 2. The van der Waals surface area contributed by atoms with E-state index in [-0.39, 0.29) is 13.2 Å². The van der Waals surface area contributed by atoms with Crippen molar-refractivity contribution in [3.8, 4) is 0 Å². The molecule has 0 aromatic heterocycles. The van der Waals surface area contributed by atoms with E-state index in [1.54, 1.807) is 7.05 Å². The van der Waals surface area contributed by atoms with E-state index >= 15 is 0 Å². The van der Waals surface area contributed by atoms with E-state index in [0.29, 0.717) is 19.6 Å². The zero-order valence-corrected chi connectivity index (χ0v) is 26.3.